The minimum absolute atomic E-state index is 0.0490. The number of hydrogen-bond donors (Lipinski definition) is 0. The van der Waals surface area contributed by atoms with Gasteiger partial charge in [-0.05, 0) is 54.5 Å². The lowest BCUT2D eigenvalue weighted by Crippen LogP contribution is -2.32. The molecule has 2 aromatic rings. The summed E-state index contributed by atoms with van der Waals surface area (Å²) in [5.74, 6) is -0.114. The van der Waals surface area contributed by atoms with Gasteiger partial charge in [0, 0.05) is 7.05 Å². The summed E-state index contributed by atoms with van der Waals surface area (Å²) in [6.07, 6.45) is 5.15. The number of carbonyl (C=O) groups excluding carboxylic acids is 1. The van der Waals surface area contributed by atoms with Crippen LogP contribution in [0, 0.1) is 5.82 Å². The minimum Gasteiger partial charge on any atom is -0.489 e. The van der Waals surface area contributed by atoms with Crippen molar-refractivity contribution < 1.29 is 13.9 Å². The highest BCUT2D eigenvalue weighted by Gasteiger charge is 2.13. The number of carbonyl (C=O) groups is 1. The maximum atomic E-state index is 13.5. The summed E-state index contributed by atoms with van der Waals surface area (Å²) >= 11 is 0. The summed E-state index contributed by atoms with van der Waals surface area (Å²) in [7, 11) is 1.76. The van der Waals surface area contributed by atoms with E-state index in [4.69, 9.17) is 4.74 Å². The van der Waals surface area contributed by atoms with E-state index in [9.17, 15) is 9.18 Å². The molecule has 0 saturated heterocycles. The molecule has 0 aromatic heterocycles. The Balaban J connectivity index is 1.50. The van der Waals surface area contributed by atoms with Gasteiger partial charge in [-0.15, -0.1) is 0 Å². The number of nitrogens with zero attached hydrogens (tertiary/aromatic N) is 1. The number of halogens is 1. The maximum Gasteiger partial charge on any atom is 0.226 e. The smallest absolute Gasteiger partial charge is 0.226 e. The molecule has 1 aliphatic rings. The molecular weight excluding hydrogens is 317 g/mol. The van der Waals surface area contributed by atoms with Gasteiger partial charge in [0.05, 0.1) is 13.0 Å². The molecule has 1 amide bonds. The fourth-order valence-electron chi connectivity index (χ4n) is 3.19. The first kappa shape index (κ1) is 17.5. The van der Waals surface area contributed by atoms with Crippen molar-refractivity contribution in [1.82, 2.24) is 4.90 Å². The molecule has 0 bridgehead atoms. The van der Waals surface area contributed by atoms with Crippen LogP contribution in [0.2, 0.25) is 0 Å². The average Bonchev–Trinajstić information content (AvgIpc) is 2.63. The van der Waals surface area contributed by atoms with E-state index in [0.29, 0.717) is 13.0 Å². The number of rotatable bonds is 6. The molecule has 1 aliphatic carbocycles. The quantitative estimate of drug-likeness (QED) is 0.800. The second kappa shape index (κ2) is 8.15. The number of aryl methyl sites for hydroxylation is 2. The number of ether oxygens (including phenoxy) is 1. The predicted octanol–water partition coefficient (Wildman–Crippen LogP) is 3.78. The Hall–Kier alpha value is -2.36. The van der Waals surface area contributed by atoms with Crippen LogP contribution in [0.5, 0.6) is 5.75 Å². The standard InChI is InChI=1S/C21H24FNO2/c1-23(12-13-25-20-9-5-4-8-19(20)22)21(24)15-16-10-11-17-6-2-3-7-18(17)14-16/h4-5,8-11,14H,2-3,6-7,12-13,15H2,1H3. The molecule has 0 spiro atoms. The van der Waals surface area contributed by atoms with Crippen LogP contribution in [0.4, 0.5) is 4.39 Å². The summed E-state index contributed by atoms with van der Waals surface area (Å²) in [6.45, 7) is 0.700. The van der Waals surface area contributed by atoms with E-state index in [1.165, 1.54) is 30.0 Å². The van der Waals surface area contributed by atoms with E-state index in [2.05, 4.69) is 18.2 Å². The molecular formula is C21H24FNO2. The first-order valence-corrected chi connectivity index (χ1v) is 8.85. The lowest BCUT2D eigenvalue weighted by Gasteiger charge is -2.19. The number of likely N-dealkylation sites (N-methyl/N-ethyl adjacent to an activating group) is 1. The molecule has 3 nitrogen and oxygen atoms in total. The molecule has 0 aliphatic heterocycles. The third-order valence-electron chi connectivity index (χ3n) is 4.71. The van der Waals surface area contributed by atoms with E-state index in [1.54, 1.807) is 30.1 Å². The number of benzene rings is 2. The molecule has 0 atom stereocenters. The first-order chi connectivity index (χ1) is 12.1. The van der Waals surface area contributed by atoms with E-state index >= 15 is 0 Å². The van der Waals surface area contributed by atoms with Crippen molar-refractivity contribution in [3.63, 3.8) is 0 Å². The molecule has 0 N–H and O–H groups in total. The van der Waals surface area contributed by atoms with Crippen LogP contribution in [-0.2, 0) is 24.1 Å². The molecule has 2 aromatic carbocycles. The van der Waals surface area contributed by atoms with Crippen LogP contribution >= 0.6 is 0 Å². The zero-order valence-electron chi connectivity index (χ0n) is 14.6. The average molecular weight is 341 g/mol. The molecule has 3 rings (SSSR count). The van der Waals surface area contributed by atoms with Gasteiger partial charge < -0.3 is 9.64 Å². The Morgan fingerprint density at radius 2 is 1.88 bits per heavy atom. The van der Waals surface area contributed by atoms with Gasteiger partial charge in [0.25, 0.3) is 0 Å². The number of amides is 1. The Bertz CT molecular complexity index is 744. The van der Waals surface area contributed by atoms with Gasteiger partial charge in [0.2, 0.25) is 5.91 Å². The summed E-state index contributed by atoms with van der Waals surface area (Å²) in [5.41, 5.74) is 3.88. The topological polar surface area (TPSA) is 29.5 Å². The van der Waals surface area contributed by atoms with Crippen LogP contribution in [-0.4, -0.2) is 31.0 Å². The van der Waals surface area contributed by atoms with E-state index in [0.717, 1.165) is 18.4 Å². The molecule has 0 radical (unpaired) electrons. The molecule has 0 saturated carbocycles. The molecule has 132 valence electrons. The largest absolute Gasteiger partial charge is 0.489 e. The summed E-state index contributed by atoms with van der Waals surface area (Å²) in [5, 5.41) is 0. The molecule has 4 heteroatoms. The van der Waals surface area contributed by atoms with E-state index in [1.807, 2.05) is 0 Å². The molecule has 25 heavy (non-hydrogen) atoms. The van der Waals surface area contributed by atoms with Gasteiger partial charge in [0.1, 0.15) is 6.61 Å². The van der Waals surface area contributed by atoms with Gasteiger partial charge in [-0.2, -0.15) is 0 Å². The van der Waals surface area contributed by atoms with Crippen LogP contribution in [0.1, 0.15) is 29.5 Å². The Morgan fingerprint density at radius 1 is 1.12 bits per heavy atom. The van der Waals surface area contributed by atoms with Crippen molar-refractivity contribution in [3.05, 3.63) is 65.0 Å². The van der Waals surface area contributed by atoms with Crippen LogP contribution in [0.25, 0.3) is 0 Å². The SMILES string of the molecule is CN(CCOc1ccccc1F)C(=O)Cc1ccc2c(c1)CCCC2. The first-order valence-electron chi connectivity index (χ1n) is 8.85. The van der Waals surface area contributed by atoms with Gasteiger partial charge >= 0.3 is 0 Å². The van der Waals surface area contributed by atoms with E-state index in [-0.39, 0.29) is 24.1 Å². The fraction of sp³-hybridized carbons (Fsp3) is 0.381. The Morgan fingerprint density at radius 3 is 2.68 bits per heavy atom. The van der Waals surface area contributed by atoms with Crippen molar-refractivity contribution in [2.45, 2.75) is 32.1 Å². The highest BCUT2D eigenvalue weighted by Crippen LogP contribution is 2.22. The Labute approximate surface area is 148 Å². The monoisotopic (exact) mass is 341 g/mol. The second-order valence-electron chi connectivity index (χ2n) is 6.58. The highest BCUT2D eigenvalue weighted by atomic mass is 19.1. The van der Waals surface area contributed by atoms with Crippen molar-refractivity contribution in [2.75, 3.05) is 20.2 Å². The minimum atomic E-state index is -0.384. The van der Waals surface area contributed by atoms with Gasteiger partial charge in [-0.25, -0.2) is 4.39 Å². The number of para-hydroxylation sites is 1. The normalized spacial score (nSPS) is 13.2. The lowest BCUT2D eigenvalue weighted by atomic mass is 9.90. The third kappa shape index (κ3) is 4.59. The Kier molecular flexibility index (Phi) is 5.69. The lowest BCUT2D eigenvalue weighted by molar-refractivity contribution is -0.129. The number of fused-ring (bicyclic) bond motifs is 1. The molecule has 0 fully saturated rings. The third-order valence-corrected chi connectivity index (χ3v) is 4.71. The van der Waals surface area contributed by atoms with E-state index < -0.39 is 0 Å². The predicted molar refractivity (Wildman–Crippen MR) is 96.3 cm³/mol. The van der Waals surface area contributed by atoms with Crippen LogP contribution < -0.4 is 4.74 Å². The van der Waals surface area contributed by atoms with Crippen molar-refractivity contribution >= 4 is 5.91 Å². The summed E-state index contributed by atoms with van der Waals surface area (Å²) in [4.78, 5) is 14.0. The fourth-order valence-corrected chi connectivity index (χ4v) is 3.19. The second-order valence-corrected chi connectivity index (χ2v) is 6.58. The van der Waals surface area contributed by atoms with Crippen LogP contribution in [0.15, 0.2) is 42.5 Å². The summed E-state index contributed by atoms with van der Waals surface area (Å²) < 4.78 is 18.9. The van der Waals surface area contributed by atoms with Crippen LogP contribution in [0.3, 0.4) is 0 Å². The highest BCUT2D eigenvalue weighted by molar-refractivity contribution is 5.78. The van der Waals surface area contributed by atoms with Gasteiger partial charge in [-0.3, -0.25) is 4.79 Å². The van der Waals surface area contributed by atoms with Crippen molar-refractivity contribution in [2.24, 2.45) is 0 Å². The molecule has 0 heterocycles. The zero-order chi connectivity index (χ0) is 17.6. The number of hydrogen-bond acceptors (Lipinski definition) is 2. The van der Waals surface area contributed by atoms with Crippen molar-refractivity contribution in [1.29, 1.82) is 0 Å². The van der Waals surface area contributed by atoms with Crippen molar-refractivity contribution in [3.8, 4) is 5.75 Å². The summed E-state index contributed by atoms with van der Waals surface area (Å²) in [6, 6.07) is 12.7. The van der Waals surface area contributed by atoms with Gasteiger partial charge in [0.15, 0.2) is 11.6 Å². The maximum absolute atomic E-state index is 13.5. The zero-order valence-corrected chi connectivity index (χ0v) is 14.6. The molecule has 0 unspecified atom stereocenters. The van der Waals surface area contributed by atoms with Gasteiger partial charge in [-0.1, -0.05) is 30.3 Å².